The number of thiocarbonyl (C=S) groups is 1. The molecule has 1 aromatic heterocycles. The highest BCUT2D eigenvalue weighted by Crippen LogP contribution is 2.30. The summed E-state index contributed by atoms with van der Waals surface area (Å²) < 4.78 is 13.4. The van der Waals surface area contributed by atoms with Crippen LogP contribution in [0.3, 0.4) is 0 Å². The first-order valence-corrected chi connectivity index (χ1v) is 6.83. The van der Waals surface area contributed by atoms with Gasteiger partial charge < -0.3 is 10.6 Å². The maximum absolute atomic E-state index is 13.4. The molecular weight excluding hydrogens is 273 g/mol. The molecule has 102 valence electrons. The van der Waals surface area contributed by atoms with Crippen LogP contribution in [-0.4, -0.2) is 16.5 Å². The Labute approximate surface area is 122 Å². The normalized spacial score (nSPS) is 13.3. The predicted molar refractivity (Wildman–Crippen MR) is 81.3 cm³/mol. The van der Waals surface area contributed by atoms with Gasteiger partial charge in [0.15, 0.2) is 0 Å². The number of halogens is 1. The topological polar surface area (TPSA) is 42.1 Å². The fourth-order valence-corrected chi connectivity index (χ4v) is 2.76. The number of fused-ring (bicyclic) bond motifs is 1. The lowest BCUT2D eigenvalue weighted by molar-refractivity contribution is 0.627. The predicted octanol–water partition coefficient (Wildman–Crippen LogP) is 2.42. The first-order valence-electron chi connectivity index (χ1n) is 6.42. The Morgan fingerprint density at radius 2 is 2.25 bits per heavy atom. The summed E-state index contributed by atoms with van der Waals surface area (Å²) in [5, 5.41) is 0. The number of rotatable bonds is 3. The maximum atomic E-state index is 13.4. The van der Waals surface area contributed by atoms with Gasteiger partial charge in [0.2, 0.25) is 0 Å². The summed E-state index contributed by atoms with van der Waals surface area (Å²) >= 11 is 5.03. The van der Waals surface area contributed by atoms with E-state index in [-0.39, 0.29) is 5.82 Å². The highest BCUT2D eigenvalue weighted by Gasteiger charge is 2.21. The van der Waals surface area contributed by atoms with Gasteiger partial charge in [0.05, 0.1) is 0 Å². The number of pyridine rings is 1. The smallest absolute Gasteiger partial charge is 0.125 e. The van der Waals surface area contributed by atoms with Gasteiger partial charge in [-0.05, 0) is 30.2 Å². The van der Waals surface area contributed by atoms with Gasteiger partial charge in [0, 0.05) is 30.5 Å². The summed E-state index contributed by atoms with van der Waals surface area (Å²) in [6.07, 6.45) is 2.61. The Bertz CT molecular complexity index is 672. The van der Waals surface area contributed by atoms with Crippen LogP contribution in [0, 0.1) is 5.82 Å². The van der Waals surface area contributed by atoms with Crippen LogP contribution >= 0.6 is 12.2 Å². The zero-order valence-corrected chi connectivity index (χ0v) is 11.7. The molecule has 0 atom stereocenters. The highest BCUT2D eigenvalue weighted by atomic mass is 32.1. The number of aromatic nitrogens is 1. The molecule has 0 spiro atoms. The van der Waals surface area contributed by atoms with E-state index in [1.165, 1.54) is 11.6 Å². The van der Waals surface area contributed by atoms with Crippen LogP contribution in [-0.2, 0) is 13.0 Å². The van der Waals surface area contributed by atoms with Crippen molar-refractivity contribution in [3.8, 4) is 0 Å². The van der Waals surface area contributed by atoms with Crippen LogP contribution in [0.4, 0.5) is 10.1 Å². The molecule has 5 heteroatoms. The van der Waals surface area contributed by atoms with Crippen LogP contribution in [0.25, 0.3) is 0 Å². The SMILES string of the molecule is NC(=S)c1ncccc1CN1CCc2ccc(F)cc21. The van der Waals surface area contributed by atoms with Gasteiger partial charge >= 0.3 is 0 Å². The first-order chi connectivity index (χ1) is 9.65. The molecule has 0 radical (unpaired) electrons. The van der Waals surface area contributed by atoms with Gasteiger partial charge in [-0.2, -0.15) is 0 Å². The molecule has 3 nitrogen and oxygen atoms in total. The summed E-state index contributed by atoms with van der Waals surface area (Å²) in [7, 11) is 0. The van der Waals surface area contributed by atoms with Crippen molar-refractivity contribution in [2.24, 2.45) is 5.73 Å². The number of nitrogens with zero attached hydrogens (tertiary/aromatic N) is 2. The third-order valence-electron chi connectivity index (χ3n) is 3.52. The first kappa shape index (κ1) is 13.0. The zero-order chi connectivity index (χ0) is 14.1. The van der Waals surface area contributed by atoms with Gasteiger partial charge in [0.25, 0.3) is 0 Å². The fourth-order valence-electron chi connectivity index (χ4n) is 2.58. The largest absolute Gasteiger partial charge is 0.388 e. The molecule has 0 fully saturated rings. The third kappa shape index (κ3) is 2.36. The third-order valence-corrected chi connectivity index (χ3v) is 3.72. The second-order valence-electron chi connectivity index (χ2n) is 4.82. The molecule has 0 saturated heterocycles. The van der Waals surface area contributed by atoms with Crippen molar-refractivity contribution in [3.05, 3.63) is 59.2 Å². The Kier molecular flexibility index (Phi) is 3.36. The molecule has 3 rings (SSSR count). The molecule has 20 heavy (non-hydrogen) atoms. The molecular formula is C15H14FN3S. The average molecular weight is 287 g/mol. The summed E-state index contributed by atoms with van der Waals surface area (Å²) in [4.78, 5) is 6.65. The van der Waals surface area contributed by atoms with E-state index in [1.807, 2.05) is 18.2 Å². The number of nitrogens with two attached hydrogens (primary N) is 1. The molecule has 1 aliphatic rings. The van der Waals surface area contributed by atoms with Crippen molar-refractivity contribution < 1.29 is 4.39 Å². The van der Waals surface area contributed by atoms with Crippen LogP contribution in [0.5, 0.6) is 0 Å². The molecule has 0 bridgehead atoms. The van der Waals surface area contributed by atoms with E-state index in [0.717, 1.165) is 24.2 Å². The van der Waals surface area contributed by atoms with E-state index in [2.05, 4.69) is 9.88 Å². The van der Waals surface area contributed by atoms with Crippen LogP contribution in [0.2, 0.25) is 0 Å². The van der Waals surface area contributed by atoms with Gasteiger partial charge in [0.1, 0.15) is 16.5 Å². The second-order valence-corrected chi connectivity index (χ2v) is 5.26. The minimum atomic E-state index is -0.212. The van der Waals surface area contributed by atoms with E-state index >= 15 is 0 Å². The van der Waals surface area contributed by atoms with Gasteiger partial charge in [-0.3, -0.25) is 4.98 Å². The Morgan fingerprint density at radius 3 is 3.05 bits per heavy atom. The summed E-state index contributed by atoms with van der Waals surface area (Å²) in [6.45, 7) is 1.50. The molecule has 0 saturated carbocycles. The molecule has 2 N–H and O–H groups in total. The molecule has 0 amide bonds. The summed E-state index contributed by atoms with van der Waals surface area (Å²) in [5.74, 6) is -0.212. The zero-order valence-electron chi connectivity index (χ0n) is 10.8. The number of hydrogen-bond donors (Lipinski definition) is 1. The molecule has 0 aliphatic carbocycles. The van der Waals surface area contributed by atoms with E-state index in [9.17, 15) is 4.39 Å². The number of anilines is 1. The summed E-state index contributed by atoms with van der Waals surface area (Å²) in [6, 6.07) is 8.76. The van der Waals surface area contributed by atoms with Gasteiger partial charge in [-0.1, -0.05) is 24.4 Å². The van der Waals surface area contributed by atoms with Crippen molar-refractivity contribution >= 4 is 22.9 Å². The lowest BCUT2D eigenvalue weighted by Crippen LogP contribution is -2.23. The monoisotopic (exact) mass is 287 g/mol. The Balaban J connectivity index is 1.91. The number of hydrogen-bond acceptors (Lipinski definition) is 3. The summed E-state index contributed by atoms with van der Waals surface area (Å²) in [5.41, 5.74) is 9.43. The van der Waals surface area contributed by atoms with E-state index in [0.29, 0.717) is 17.2 Å². The van der Waals surface area contributed by atoms with E-state index < -0.39 is 0 Å². The van der Waals surface area contributed by atoms with Crippen molar-refractivity contribution in [1.82, 2.24) is 4.98 Å². The molecule has 1 aromatic carbocycles. The van der Waals surface area contributed by atoms with Crippen molar-refractivity contribution in [2.45, 2.75) is 13.0 Å². The molecule has 0 unspecified atom stereocenters. The average Bonchev–Trinajstić information content (AvgIpc) is 2.82. The van der Waals surface area contributed by atoms with Gasteiger partial charge in [-0.25, -0.2) is 4.39 Å². The minimum absolute atomic E-state index is 0.212. The van der Waals surface area contributed by atoms with Gasteiger partial charge in [-0.15, -0.1) is 0 Å². The minimum Gasteiger partial charge on any atom is -0.388 e. The highest BCUT2D eigenvalue weighted by molar-refractivity contribution is 7.80. The van der Waals surface area contributed by atoms with Crippen molar-refractivity contribution in [1.29, 1.82) is 0 Å². The lowest BCUT2D eigenvalue weighted by Gasteiger charge is -2.20. The van der Waals surface area contributed by atoms with E-state index in [1.54, 1.807) is 12.3 Å². The Hall–Kier alpha value is -2.01. The molecule has 2 heterocycles. The van der Waals surface area contributed by atoms with Crippen LogP contribution < -0.4 is 10.6 Å². The van der Waals surface area contributed by atoms with Crippen LogP contribution in [0.1, 0.15) is 16.8 Å². The van der Waals surface area contributed by atoms with E-state index in [4.69, 9.17) is 18.0 Å². The number of benzene rings is 1. The van der Waals surface area contributed by atoms with Crippen LogP contribution in [0.15, 0.2) is 36.5 Å². The maximum Gasteiger partial charge on any atom is 0.125 e. The molecule has 2 aromatic rings. The standard InChI is InChI=1S/C15H14FN3S/c16-12-4-3-10-5-7-19(13(10)8-12)9-11-2-1-6-18-14(11)15(17)20/h1-4,6,8H,5,7,9H2,(H2,17,20). The Morgan fingerprint density at radius 1 is 1.40 bits per heavy atom. The second kappa shape index (κ2) is 5.17. The fraction of sp³-hybridized carbons (Fsp3) is 0.200. The lowest BCUT2D eigenvalue weighted by atomic mass is 10.1. The van der Waals surface area contributed by atoms with Crippen molar-refractivity contribution in [2.75, 3.05) is 11.4 Å². The molecule has 1 aliphatic heterocycles. The van der Waals surface area contributed by atoms with Crippen molar-refractivity contribution in [3.63, 3.8) is 0 Å². The quantitative estimate of drug-likeness (QED) is 0.880.